The van der Waals surface area contributed by atoms with Crippen LogP contribution in [0, 0.1) is 0 Å². The van der Waals surface area contributed by atoms with E-state index in [0.717, 1.165) is 4.31 Å². The zero-order chi connectivity index (χ0) is 18.9. The van der Waals surface area contributed by atoms with Crippen molar-refractivity contribution < 1.29 is 17.9 Å². The Balaban J connectivity index is 2.08. The predicted molar refractivity (Wildman–Crippen MR) is 99.1 cm³/mol. The summed E-state index contributed by atoms with van der Waals surface area (Å²) in [6.45, 7) is 0.330. The number of hydrogen-bond donors (Lipinski definition) is 1. The van der Waals surface area contributed by atoms with Gasteiger partial charge in [0, 0.05) is 18.1 Å². The number of benzene rings is 2. The number of halogens is 2. The van der Waals surface area contributed by atoms with Gasteiger partial charge in [-0.25, -0.2) is 8.42 Å². The summed E-state index contributed by atoms with van der Waals surface area (Å²) >= 11 is 12.3. The molecule has 3 rings (SSSR count). The maximum Gasteiger partial charge on any atom is 0.244 e. The SMILES string of the molecule is COc1ccc(S(=O)(=O)N2CCNC(=O)C2c2ccccc2Cl)cc1Cl. The number of nitrogens with one attached hydrogen (secondary N) is 1. The van der Waals surface area contributed by atoms with Crippen molar-refractivity contribution in [1.29, 1.82) is 0 Å². The minimum atomic E-state index is -3.98. The second-order valence-corrected chi connectivity index (χ2v) is 8.33. The van der Waals surface area contributed by atoms with E-state index in [1.165, 1.54) is 25.3 Å². The number of sulfonamides is 1. The van der Waals surface area contributed by atoms with Gasteiger partial charge in [0.2, 0.25) is 15.9 Å². The van der Waals surface area contributed by atoms with Crippen LogP contribution in [0.15, 0.2) is 47.4 Å². The van der Waals surface area contributed by atoms with Crippen LogP contribution in [0.4, 0.5) is 0 Å². The first-order valence-corrected chi connectivity index (χ1v) is 9.93. The van der Waals surface area contributed by atoms with E-state index < -0.39 is 22.0 Å². The molecule has 1 saturated heterocycles. The Morgan fingerprint density at radius 2 is 1.88 bits per heavy atom. The molecule has 6 nitrogen and oxygen atoms in total. The summed E-state index contributed by atoms with van der Waals surface area (Å²) in [6, 6.07) is 9.82. The number of rotatable bonds is 4. The van der Waals surface area contributed by atoms with Crippen molar-refractivity contribution in [2.24, 2.45) is 0 Å². The van der Waals surface area contributed by atoms with Gasteiger partial charge < -0.3 is 10.1 Å². The third-order valence-electron chi connectivity index (χ3n) is 4.10. The van der Waals surface area contributed by atoms with Crippen LogP contribution in [0.25, 0.3) is 0 Å². The van der Waals surface area contributed by atoms with Gasteiger partial charge in [0.25, 0.3) is 0 Å². The molecule has 1 fully saturated rings. The lowest BCUT2D eigenvalue weighted by Crippen LogP contribution is -2.52. The lowest BCUT2D eigenvalue weighted by Gasteiger charge is -2.34. The lowest BCUT2D eigenvalue weighted by molar-refractivity contribution is -0.126. The zero-order valence-corrected chi connectivity index (χ0v) is 16.1. The van der Waals surface area contributed by atoms with Crippen LogP contribution in [0.5, 0.6) is 5.75 Å². The van der Waals surface area contributed by atoms with Crippen LogP contribution in [0.2, 0.25) is 10.0 Å². The predicted octanol–water partition coefficient (Wildman–Crippen LogP) is 2.86. The third kappa shape index (κ3) is 3.40. The molecule has 1 aliphatic heterocycles. The zero-order valence-electron chi connectivity index (χ0n) is 13.8. The number of carbonyl (C=O) groups excluding carboxylic acids is 1. The maximum atomic E-state index is 13.2. The molecule has 0 spiro atoms. The first-order valence-electron chi connectivity index (χ1n) is 7.74. The number of hydrogen-bond acceptors (Lipinski definition) is 4. The topological polar surface area (TPSA) is 75.7 Å². The van der Waals surface area contributed by atoms with Gasteiger partial charge in [-0.1, -0.05) is 41.4 Å². The van der Waals surface area contributed by atoms with E-state index in [1.807, 2.05) is 0 Å². The number of methoxy groups -OCH3 is 1. The van der Waals surface area contributed by atoms with Crippen molar-refractivity contribution in [3.8, 4) is 5.75 Å². The summed E-state index contributed by atoms with van der Waals surface area (Å²) in [5.41, 5.74) is 0.426. The van der Waals surface area contributed by atoms with Gasteiger partial charge in [0.05, 0.1) is 17.0 Å². The van der Waals surface area contributed by atoms with Gasteiger partial charge in [-0.2, -0.15) is 4.31 Å². The van der Waals surface area contributed by atoms with Crippen molar-refractivity contribution in [3.05, 3.63) is 58.1 Å². The largest absolute Gasteiger partial charge is 0.495 e. The standard InChI is InChI=1S/C17H16Cl2N2O4S/c1-25-15-7-6-11(10-14(15)19)26(23,24)21-9-8-20-17(22)16(21)12-4-2-3-5-13(12)18/h2-7,10,16H,8-9H2,1H3,(H,20,22). The summed E-state index contributed by atoms with van der Waals surface area (Å²) in [6.07, 6.45) is 0. The summed E-state index contributed by atoms with van der Waals surface area (Å²) in [5, 5.41) is 3.18. The molecule has 0 aliphatic carbocycles. The van der Waals surface area contributed by atoms with Crippen LogP contribution in [0.3, 0.4) is 0 Å². The van der Waals surface area contributed by atoms with E-state index in [2.05, 4.69) is 5.32 Å². The van der Waals surface area contributed by atoms with Crippen LogP contribution in [0.1, 0.15) is 11.6 Å². The van der Waals surface area contributed by atoms with Gasteiger partial charge in [0.1, 0.15) is 11.8 Å². The van der Waals surface area contributed by atoms with Crippen LogP contribution >= 0.6 is 23.2 Å². The molecule has 0 radical (unpaired) electrons. The highest BCUT2D eigenvalue weighted by Crippen LogP contribution is 2.35. The fourth-order valence-corrected chi connectivity index (χ4v) is 5.00. The summed E-state index contributed by atoms with van der Waals surface area (Å²) in [5.74, 6) is -0.0582. The second-order valence-electron chi connectivity index (χ2n) is 5.63. The summed E-state index contributed by atoms with van der Waals surface area (Å²) < 4.78 is 32.6. The fraction of sp³-hybridized carbons (Fsp3) is 0.235. The van der Waals surface area contributed by atoms with Crippen molar-refractivity contribution in [3.63, 3.8) is 0 Å². The second kappa shape index (κ2) is 7.44. The number of amides is 1. The van der Waals surface area contributed by atoms with E-state index in [1.54, 1.807) is 24.3 Å². The van der Waals surface area contributed by atoms with E-state index in [-0.39, 0.29) is 23.0 Å². The number of ether oxygens (including phenoxy) is 1. The van der Waals surface area contributed by atoms with Crippen molar-refractivity contribution in [2.45, 2.75) is 10.9 Å². The Hall–Kier alpha value is -1.80. The van der Waals surface area contributed by atoms with Gasteiger partial charge in [-0.15, -0.1) is 0 Å². The van der Waals surface area contributed by atoms with Crippen molar-refractivity contribution >= 4 is 39.1 Å². The Labute approximate surface area is 161 Å². The number of nitrogens with zero attached hydrogens (tertiary/aromatic N) is 1. The molecule has 0 bridgehead atoms. The van der Waals surface area contributed by atoms with Crippen LogP contribution < -0.4 is 10.1 Å². The first-order chi connectivity index (χ1) is 12.4. The quantitative estimate of drug-likeness (QED) is 0.834. The Morgan fingerprint density at radius 3 is 2.54 bits per heavy atom. The molecule has 0 aromatic heterocycles. The van der Waals surface area contributed by atoms with Gasteiger partial charge in [-0.3, -0.25) is 4.79 Å². The molecule has 0 saturated carbocycles. The molecule has 1 unspecified atom stereocenters. The third-order valence-corrected chi connectivity index (χ3v) is 6.60. The highest BCUT2D eigenvalue weighted by molar-refractivity contribution is 7.89. The number of piperazine rings is 1. The molecule has 138 valence electrons. The first kappa shape index (κ1) is 19.0. The number of carbonyl (C=O) groups is 1. The van der Waals surface area contributed by atoms with Gasteiger partial charge in [0.15, 0.2) is 0 Å². The normalized spacial score (nSPS) is 18.4. The van der Waals surface area contributed by atoms with E-state index in [0.29, 0.717) is 16.3 Å². The molecule has 9 heteroatoms. The van der Waals surface area contributed by atoms with Crippen LogP contribution in [-0.4, -0.2) is 38.8 Å². The molecular formula is C17H16Cl2N2O4S. The van der Waals surface area contributed by atoms with Crippen molar-refractivity contribution in [1.82, 2.24) is 9.62 Å². The molecule has 26 heavy (non-hydrogen) atoms. The highest BCUT2D eigenvalue weighted by Gasteiger charge is 2.40. The molecule has 1 amide bonds. The van der Waals surface area contributed by atoms with Crippen molar-refractivity contribution in [2.75, 3.05) is 20.2 Å². The molecule has 1 aliphatic rings. The smallest absolute Gasteiger partial charge is 0.244 e. The maximum absolute atomic E-state index is 13.2. The van der Waals surface area contributed by atoms with Gasteiger partial charge in [-0.05, 0) is 29.8 Å². The average molecular weight is 415 g/mol. The molecule has 1 atom stereocenters. The average Bonchev–Trinajstić information content (AvgIpc) is 2.62. The lowest BCUT2D eigenvalue weighted by atomic mass is 10.0. The molecular weight excluding hydrogens is 399 g/mol. The van der Waals surface area contributed by atoms with Crippen LogP contribution in [-0.2, 0) is 14.8 Å². The molecule has 2 aromatic rings. The highest BCUT2D eigenvalue weighted by atomic mass is 35.5. The molecule has 1 heterocycles. The minimum Gasteiger partial charge on any atom is -0.495 e. The summed E-state index contributed by atoms with van der Waals surface area (Å²) in [7, 11) is -2.54. The van der Waals surface area contributed by atoms with E-state index in [9.17, 15) is 13.2 Å². The van der Waals surface area contributed by atoms with Gasteiger partial charge >= 0.3 is 0 Å². The van der Waals surface area contributed by atoms with E-state index in [4.69, 9.17) is 27.9 Å². The summed E-state index contributed by atoms with van der Waals surface area (Å²) in [4.78, 5) is 12.5. The molecule has 1 N–H and O–H groups in total. The Kier molecular flexibility index (Phi) is 5.43. The fourth-order valence-electron chi connectivity index (χ4n) is 2.84. The Morgan fingerprint density at radius 1 is 1.15 bits per heavy atom. The minimum absolute atomic E-state index is 0.0185. The molecule has 2 aromatic carbocycles. The Bertz CT molecular complexity index is 950. The monoisotopic (exact) mass is 414 g/mol. The van der Waals surface area contributed by atoms with E-state index >= 15 is 0 Å².